The summed E-state index contributed by atoms with van der Waals surface area (Å²) in [6, 6.07) is 3.61. The van der Waals surface area contributed by atoms with E-state index in [2.05, 4.69) is 15.5 Å². The lowest BCUT2D eigenvalue weighted by molar-refractivity contribution is -0.120. The molecule has 0 saturated carbocycles. The fourth-order valence-corrected chi connectivity index (χ4v) is 0.742. The molecule has 0 radical (unpaired) electrons. The summed E-state index contributed by atoms with van der Waals surface area (Å²) in [5.74, 6) is 0.0284. The Labute approximate surface area is 72.5 Å². The largest absolute Gasteiger partial charge is 0.350 e. The molecule has 1 heterocycles. The average Bonchev–Trinajstić information content (AvgIpc) is 2.16. The van der Waals surface area contributed by atoms with Crippen LogP contribution >= 0.6 is 0 Å². The van der Waals surface area contributed by atoms with E-state index in [-0.39, 0.29) is 7.33 Å². The quantitative estimate of drug-likeness (QED) is 0.722. The molecule has 0 saturated heterocycles. The van der Waals surface area contributed by atoms with Crippen LogP contribution in [0.2, 0.25) is 0 Å². The molecule has 1 amide bonds. The molecule has 0 fully saturated rings. The van der Waals surface area contributed by atoms with Gasteiger partial charge in [-0.1, -0.05) is 6.92 Å². The highest BCUT2D eigenvalue weighted by atomic mass is 16.1. The summed E-state index contributed by atoms with van der Waals surface area (Å²) in [6.45, 7) is 2.27. The van der Waals surface area contributed by atoms with E-state index in [0.717, 1.165) is 5.69 Å². The zero-order valence-corrected chi connectivity index (χ0v) is 6.95. The monoisotopic (exact) mass is 167 g/mol. The molecule has 4 nitrogen and oxygen atoms in total. The third kappa shape index (κ3) is 2.65. The lowest BCUT2D eigenvalue weighted by Crippen LogP contribution is -2.22. The van der Waals surface area contributed by atoms with Gasteiger partial charge in [0.15, 0.2) is 0 Å². The third-order valence-corrected chi connectivity index (χ3v) is 1.42. The predicted molar refractivity (Wildman–Crippen MR) is 46.3 cm³/mol. The van der Waals surface area contributed by atoms with Crippen molar-refractivity contribution in [2.24, 2.45) is 0 Å². The van der Waals surface area contributed by atoms with Gasteiger partial charge in [-0.05, 0) is 12.1 Å². The number of nitrogens with one attached hydrogen (secondary N) is 1. The van der Waals surface area contributed by atoms with Crippen LogP contribution in [0.3, 0.4) is 0 Å². The summed E-state index contributed by atoms with van der Waals surface area (Å²) in [5, 5.41) is 10.2. The Bertz CT molecular complexity index is 253. The topological polar surface area (TPSA) is 54.9 Å². The Morgan fingerprint density at radius 3 is 3.17 bits per heavy atom. The molecule has 1 rings (SSSR count). The van der Waals surface area contributed by atoms with Crippen molar-refractivity contribution in [3.63, 3.8) is 0 Å². The van der Waals surface area contributed by atoms with E-state index >= 15 is 0 Å². The van der Waals surface area contributed by atoms with Crippen LogP contribution in [0.25, 0.3) is 0 Å². The highest BCUT2D eigenvalue weighted by Gasteiger charge is 1.97. The molecular weight excluding hydrogens is 154 g/mol. The van der Waals surface area contributed by atoms with Gasteiger partial charge in [0.05, 0.1) is 12.2 Å². The van der Waals surface area contributed by atoms with Gasteiger partial charge in [-0.3, -0.25) is 4.79 Å². The molecule has 0 aliphatic rings. The standard InChI is InChI=1S/C8H11N3O.H2/c1-2-8(12)9-6-7-4-3-5-10-11-7;/h3-5H,2,6H2,1H3,(H,9,12);1H. The second kappa shape index (κ2) is 4.43. The van der Waals surface area contributed by atoms with Gasteiger partial charge < -0.3 is 5.32 Å². The van der Waals surface area contributed by atoms with Gasteiger partial charge >= 0.3 is 0 Å². The van der Waals surface area contributed by atoms with Crippen LogP contribution in [0.1, 0.15) is 20.5 Å². The van der Waals surface area contributed by atoms with Crippen molar-refractivity contribution in [2.75, 3.05) is 0 Å². The van der Waals surface area contributed by atoms with Crippen LogP contribution in [0, 0.1) is 0 Å². The van der Waals surface area contributed by atoms with Crippen LogP contribution in [0.5, 0.6) is 0 Å². The van der Waals surface area contributed by atoms with Gasteiger partial charge in [-0.25, -0.2) is 0 Å². The fourth-order valence-electron chi connectivity index (χ4n) is 0.742. The Kier molecular flexibility index (Phi) is 3.19. The normalized spacial score (nSPS) is 9.42. The van der Waals surface area contributed by atoms with Gasteiger partial charge in [0.1, 0.15) is 0 Å². The number of carbonyl (C=O) groups is 1. The van der Waals surface area contributed by atoms with E-state index in [9.17, 15) is 4.79 Å². The first-order chi connectivity index (χ1) is 5.83. The first-order valence-corrected chi connectivity index (χ1v) is 3.86. The number of hydrogen-bond acceptors (Lipinski definition) is 3. The van der Waals surface area contributed by atoms with Crippen molar-refractivity contribution in [1.82, 2.24) is 15.5 Å². The highest BCUT2D eigenvalue weighted by molar-refractivity contribution is 5.75. The molecule has 12 heavy (non-hydrogen) atoms. The lowest BCUT2D eigenvalue weighted by atomic mass is 10.3. The SMILES string of the molecule is CCC(=O)NCc1cccnn1.[HH]. The minimum absolute atomic E-state index is 0. The van der Waals surface area contributed by atoms with E-state index in [4.69, 9.17) is 0 Å². The van der Waals surface area contributed by atoms with Crippen LogP contribution in [0.4, 0.5) is 0 Å². The van der Waals surface area contributed by atoms with Crippen molar-refractivity contribution >= 4 is 5.91 Å². The van der Waals surface area contributed by atoms with Gasteiger partial charge in [-0.2, -0.15) is 10.2 Å². The summed E-state index contributed by atoms with van der Waals surface area (Å²) in [4.78, 5) is 10.8. The maximum atomic E-state index is 10.8. The lowest BCUT2D eigenvalue weighted by Gasteiger charge is -2.00. The number of nitrogens with zero attached hydrogens (tertiary/aromatic N) is 2. The van der Waals surface area contributed by atoms with E-state index in [1.807, 2.05) is 13.0 Å². The fraction of sp³-hybridized carbons (Fsp3) is 0.375. The molecule has 0 aliphatic carbocycles. The maximum absolute atomic E-state index is 10.8. The number of amides is 1. The molecule has 0 spiro atoms. The van der Waals surface area contributed by atoms with E-state index < -0.39 is 0 Å². The second-order valence-corrected chi connectivity index (χ2v) is 2.35. The molecule has 4 heteroatoms. The number of rotatable bonds is 3. The van der Waals surface area contributed by atoms with E-state index in [0.29, 0.717) is 13.0 Å². The van der Waals surface area contributed by atoms with Crippen LogP contribution < -0.4 is 5.32 Å². The first kappa shape index (κ1) is 8.64. The minimum Gasteiger partial charge on any atom is -0.350 e. The number of hydrogen-bond donors (Lipinski definition) is 1. The molecule has 1 aromatic heterocycles. The summed E-state index contributed by atoms with van der Waals surface area (Å²) >= 11 is 0. The minimum atomic E-state index is 0. The summed E-state index contributed by atoms with van der Waals surface area (Å²) < 4.78 is 0. The van der Waals surface area contributed by atoms with E-state index in [1.165, 1.54) is 0 Å². The van der Waals surface area contributed by atoms with Crippen LogP contribution in [-0.4, -0.2) is 16.1 Å². The first-order valence-electron chi connectivity index (χ1n) is 3.86. The van der Waals surface area contributed by atoms with Crippen molar-refractivity contribution in [3.8, 4) is 0 Å². The van der Waals surface area contributed by atoms with Crippen LogP contribution in [-0.2, 0) is 11.3 Å². The van der Waals surface area contributed by atoms with Crippen molar-refractivity contribution in [2.45, 2.75) is 19.9 Å². The molecular formula is C8H13N3O. The second-order valence-electron chi connectivity index (χ2n) is 2.35. The summed E-state index contributed by atoms with van der Waals surface area (Å²) in [5.41, 5.74) is 0.777. The number of carbonyl (C=O) groups excluding carboxylic acids is 1. The third-order valence-electron chi connectivity index (χ3n) is 1.42. The molecule has 1 N–H and O–H groups in total. The summed E-state index contributed by atoms with van der Waals surface area (Å²) in [6.07, 6.45) is 2.10. The van der Waals surface area contributed by atoms with Gasteiger partial charge in [-0.15, -0.1) is 0 Å². The van der Waals surface area contributed by atoms with E-state index in [1.54, 1.807) is 12.3 Å². The Morgan fingerprint density at radius 1 is 1.75 bits per heavy atom. The molecule has 0 bridgehead atoms. The molecule has 0 aliphatic heterocycles. The molecule has 1 aromatic rings. The Balaban J connectivity index is 0.00000144. The van der Waals surface area contributed by atoms with Crippen molar-refractivity contribution in [1.29, 1.82) is 0 Å². The Morgan fingerprint density at radius 2 is 2.58 bits per heavy atom. The molecule has 66 valence electrons. The zero-order valence-electron chi connectivity index (χ0n) is 6.95. The highest BCUT2D eigenvalue weighted by Crippen LogP contribution is 1.89. The molecule has 0 unspecified atom stereocenters. The average molecular weight is 167 g/mol. The Hall–Kier alpha value is -1.45. The smallest absolute Gasteiger partial charge is 0.220 e. The molecule has 0 atom stereocenters. The van der Waals surface area contributed by atoms with Crippen LogP contribution in [0.15, 0.2) is 18.3 Å². The molecule has 0 aromatic carbocycles. The van der Waals surface area contributed by atoms with Gasteiger partial charge in [0.25, 0.3) is 0 Å². The van der Waals surface area contributed by atoms with Crippen molar-refractivity contribution in [3.05, 3.63) is 24.0 Å². The van der Waals surface area contributed by atoms with Crippen molar-refractivity contribution < 1.29 is 6.22 Å². The predicted octanol–water partition coefficient (Wildman–Crippen LogP) is 0.749. The maximum Gasteiger partial charge on any atom is 0.220 e. The zero-order chi connectivity index (χ0) is 8.81. The van der Waals surface area contributed by atoms with Gasteiger partial charge in [0, 0.05) is 14.0 Å². The summed E-state index contributed by atoms with van der Waals surface area (Å²) in [7, 11) is 0. The number of aromatic nitrogens is 2. The van der Waals surface area contributed by atoms with Gasteiger partial charge in [0.2, 0.25) is 5.91 Å².